The lowest BCUT2D eigenvalue weighted by molar-refractivity contribution is -0.129. The first-order valence-corrected chi connectivity index (χ1v) is 6.91. The van der Waals surface area contributed by atoms with Crippen LogP contribution in [-0.4, -0.2) is 49.7 Å². The highest BCUT2D eigenvalue weighted by atomic mass is 35.5. The van der Waals surface area contributed by atoms with E-state index >= 15 is 0 Å². The first-order chi connectivity index (χ1) is 9.11. The molecular weight excluding hydrogens is 290 g/mol. The summed E-state index contributed by atoms with van der Waals surface area (Å²) < 4.78 is 5.58. The van der Waals surface area contributed by atoms with Crippen LogP contribution in [0.15, 0.2) is 12.1 Å². The van der Waals surface area contributed by atoms with Gasteiger partial charge >= 0.3 is 6.03 Å². The highest BCUT2D eigenvalue weighted by Crippen LogP contribution is 2.26. The number of halogens is 1. The summed E-state index contributed by atoms with van der Waals surface area (Å²) in [4.78, 5) is 25.3. The lowest BCUT2D eigenvalue weighted by Gasteiger charge is -2.34. The van der Waals surface area contributed by atoms with Crippen molar-refractivity contribution in [3.05, 3.63) is 16.5 Å². The topological polar surface area (TPSA) is 70.7 Å². The summed E-state index contributed by atoms with van der Waals surface area (Å²) in [5.41, 5.74) is 0. The number of carbonyl (C=O) groups is 2. The van der Waals surface area contributed by atoms with Crippen LogP contribution in [0.4, 0.5) is 9.80 Å². The normalized spacial score (nSPS) is 19.2. The summed E-state index contributed by atoms with van der Waals surface area (Å²) in [5, 5.41) is 6.09. The fourth-order valence-electron chi connectivity index (χ4n) is 1.84. The van der Waals surface area contributed by atoms with Crippen molar-refractivity contribution in [3.8, 4) is 0 Å². The van der Waals surface area contributed by atoms with Gasteiger partial charge < -0.3 is 15.0 Å². The van der Waals surface area contributed by atoms with Gasteiger partial charge in [-0.15, -0.1) is 11.3 Å². The Hall–Kier alpha value is -1.31. The van der Waals surface area contributed by atoms with Gasteiger partial charge in [-0.1, -0.05) is 11.6 Å². The van der Waals surface area contributed by atoms with Crippen LogP contribution in [0.2, 0.25) is 4.34 Å². The van der Waals surface area contributed by atoms with Gasteiger partial charge in [-0.25, -0.2) is 4.79 Å². The van der Waals surface area contributed by atoms with E-state index in [1.807, 2.05) is 0 Å². The van der Waals surface area contributed by atoms with Gasteiger partial charge in [-0.05, 0) is 12.1 Å². The number of thiophene rings is 1. The number of amides is 3. The summed E-state index contributed by atoms with van der Waals surface area (Å²) in [6, 6.07) is 2.50. The van der Waals surface area contributed by atoms with Gasteiger partial charge in [-0.2, -0.15) is 0 Å². The maximum absolute atomic E-state index is 12.2. The number of carbonyl (C=O) groups excluding carboxylic acids is 2. The molecule has 0 saturated carbocycles. The van der Waals surface area contributed by atoms with Crippen molar-refractivity contribution in [3.63, 3.8) is 0 Å². The lowest BCUT2D eigenvalue weighted by atomic mass is 10.2. The third-order valence-electron chi connectivity index (χ3n) is 2.72. The van der Waals surface area contributed by atoms with Crippen LogP contribution in [0, 0.1) is 0 Å². The molecule has 1 aromatic rings. The first-order valence-electron chi connectivity index (χ1n) is 5.71. The van der Waals surface area contributed by atoms with Crippen molar-refractivity contribution in [2.45, 2.75) is 6.04 Å². The van der Waals surface area contributed by atoms with E-state index in [0.29, 0.717) is 22.4 Å². The van der Waals surface area contributed by atoms with E-state index in [2.05, 4.69) is 10.6 Å². The average Bonchev–Trinajstić information content (AvgIpc) is 2.77. The van der Waals surface area contributed by atoms with Gasteiger partial charge in [0.05, 0.1) is 15.9 Å². The van der Waals surface area contributed by atoms with Gasteiger partial charge in [0.25, 0.3) is 0 Å². The molecule has 2 heterocycles. The van der Waals surface area contributed by atoms with Crippen molar-refractivity contribution in [2.75, 3.05) is 32.1 Å². The number of piperazine rings is 1. The third-order valence-corrected chi connectivity index (χ3v) is 3.87. The summed E-state index contributed by atoms with van der Waals surface area (Å²) >= 11 is 7.07. The first kappa shape index (κ1) is 14.1. The van der Waals surface area contributed by atoms with Crippen molar-refractivity contribution in [2.24, 2.45) is 0 Å². The minimum Gasteiger partial charge on any atom is -0.382 e. The molecular formula is C11H14ClN3O3S. The van der Waals surface area contributed by atoms with Crippen LogP contribution in [0.5, 0.6) is 0 Å². The van der Waals surface area contributed by atoms with E-state index < -0.39 is 6.04 Å². The fourth-order valence-corrected chi connectivity index (χ4v) is 2.77. The number of hydrogen-bond acceptors (Lipinski definition) is 4. The largest absolute Gasteiger partial charge is 0.382 e. The predicted molar refractivity (Wildman–Crippen MR) is 73.7 cm³/mol. The quantitative estimate of drug-likeness (QED) is 0.886. The van der Waals surface area contributed by atoms with Crippen LogP contribution in [0.25, 0.3) is 0 Å². The lowest BCUT2D eigenvalue weighted by Crippen LogP contribution is -2.59. The molecule has 1 aromatic heterocycles. The SMILES string of the molecule is COCC1C(=O)NCCN1C(=O)Nc1ccc(Cl)s1. The van der Waals surface area contributed by atoms with E-state index in [0.717, 1.165) is 0 Å². The second kappa shape index (κ2) is 6.23. The molecule has 1 saturated heterocycles. The molecule has 3 amide bonds. The van der Waals surface area contributed by atoms with Gasteiger partial charge in [-0.3, -0.25) is 10.1 Å². The standard InChI is InChI=1S/C11H14ClN3O3S/c1-18-6-7-10(16)13-4-5-15(7)11(17)14-9-3-2-8(12)19-9/h2-3,7H,4-6H2,1H3,(H,13,16)(H,14,17). The maximum atomic E-state index is 12.2. The van der Waals surface area contributed by atoms with E-state index in [9.17, 15) is 9.59 Å². The molecule has 2 rings (SSSR count). The minimum atomic E-state index is -0.603. The zero-order chi connectivity index (χ0) is 13.8. The molecule has 2 N–H and O–H groups in total. The number of ether oxygens (including phenoxy) is 1. The van der Waals surface area contributed by atoms with Crippen LogP contribution in [0.3, 0.4) is 0 Å². The molecule has 1 atom stereocenters. The number of nitrogens with zero attached hydrogens (tertiary/aromatic N) is 1. The number of methoxy groups -OCH3 is 1. The highest BCUT2D eigenvalue weighted by molar-refractivity contribution is 7.20. The maximum Gasteiger partial charge on any atom is 0.323 e. The van der Waals surface area contributed by atoms with E-state index in [4.69, 9.17) is 16.3 Å². The Labute approximate surface area is 119 Å². The second-order valence-electron chi connectivity index (χ2n) is 3.99. The number of nitrogens with one attached hydrogen (secondary N) is 2. The number of urea groups is 1. The minimum absolute atomic E-state index is 0.171. The summed E-state index contributed by atoms with van der Waals surface area (Å²) in [6.07, 6.45) is 0. The zero-order valence-electron chi connectivity index (χ0n) is 10.3. The van der Waals surface area contributed by atoms with Crippen molar-refractivity contribution < 1.29 is 14.3 Å². The number of hydrogen-bond donors (Lipinski definition) is 2. The molecule has 19 heavy (non-hydrogen) atoms. The highest BCUT2D eigenvalue weighted by Gasteiger charge is 2.33. The molecule has 0 spiro atoms. The van der Waals surface area contributed by atoms with E-state index in [1.165, 1.54) is 23.3 Å². The molecule has 0 radical (unpaired) electrons. The molecule has 1 fully saturated rings. The predicted octanol–water partition coefficient (Wildman–Crippen LogP) is 1.38. The Morgan fingerprint density at radius 2 is 2.47 bits per heavy atom. The van der Waals surface area contributed by atoms with Crippen LogP contribution in [-0.2, 0) is 9.53 Å². The van der Waals surface area contributed by atoms with Crippen LogP contribution in [0.1, 0.15) is 0 Å². The molecule has 8 heteroatoms. The Balaban J connectivity index is 2.05. The molecule has 0 aliphatic carbocycles. The molecule has 6 nitrogen and oxygen atoms in total. The molecule has 0 aromatic carbocycles. The smallest absolute Gasteiger partial charge is 0.323 e. The molecule has 0 bridgehead atoms. The Bertz CT molecular complexity index is 480. The van der Waals surface area contributed by atoms with Crippen molar-refractivity contribution in [1.29, 1.82) is 0 Å². The molecule has 104 valence electrons. The number of anilines is 1. The average molecular weight is 304 g/mol. The van der Waals surface area contributed by atoms with Gasteiger partial charge in [0.1, 0.15) is 6.04 Å². The van der Waals surface area contributed by atoms with E-state index in [-0.39, 0.29) is 18.5 Å². The van der Waals surface area contributed by atoms with Crippen molar-refractivity contribution >= 4 is 39.9 Å². The number of rotatable bonds is 3. The van der Waals surface area contributed by atoms with Crippen molar-refractivity contribution in [1.82, 2.24) is 10.2 Å². The van der Waals surface area contributed by atoms with E-state index in [1.54, 1.807) is 12.1 Å². The molecule has 1 aliphatic heterocycles. The Kier molecular flexibility index (Phi) is 4.62. The Morgan fingerprint density at radius 1 is 1.68 bits per heavy atom. The summed E-state index contributed by atoms with van der Waals surface area (Å²) in [7, 11) is 1.50. The van der Waals surface area contributed by atoms with Gasteiger partial charge in [0, 0.05) is 20.2 Å². The Morgan fingerprint density at radius 3 is 3.11 bits per heavy atom. The monoisotopic (exact) mass is 303 g/mol. The summed E-state index contributed by atoms with van der Waals surface area (Å²) in [5.74, 6) is -0.201. The van der Waals surface area contributed by atoms with Gasteiger partial charge in [0.15, 0.2) is 0 Å². The zero-order valence-corrected chi connectivity index (χ0v) is 11.9. The van der Waals surface area contributed by atoms with Crippen LogP contribution >= 0.6 is 22.9 Å². The second-order valence-corrected chi connectivity index (χ2v) is 5.70. The van der Waals surface area contributed by atoms with Crippen LogP contribution < -0.4 is 10.6 Å². The molecule has 1 unspecified atom stereocenters. The molecule has 1 aliphatic rings. The third kappa shape index (κ3) is 3.37. The fraction of sp³-hybridized carbons (Fsp3) is 0.455. The summed E-state index contributed by atoms with van der Waals surface area (Å²) in [6.45, 7) is 1.06. The van der Waals surface area contributed by atoms with Gasteiger partial charge in [0.2, 0.25) is 5.91 Å².